The summed E-state index contributed by atoms with van der Waals surface area (Å²) in [7, 11) is 1.82. The van der Waals surface area contributed by atoms with Crippen molar-refractivity contribution in [3.63, 3.8) is 0 Å². The van der Waals surface area contributed by atoms with Gasteiger partial charge in [-0.15, -0.1) is 0 Å². The number of aryl methyl sites for hydroxylation is 1. The third-order valence-electron chi connectivity index (χ3n) is 4.87. The number of rotatable bonds is 3. The Bertz CT molecular complexity index is 862. The van der Waals surface area contributed by atoms with E-state index < -0.39 is 6.03 Å². The molecule has 3 amide bonds. The van der Waals surface area contributed by atoms with E-state index >= 15 is 0 Å². The molecular weight excluding hydrogens is 334 g/mol. The molecule has 4 heterocycles. The lowest BCUT2D eigenvalue weighted by Crippen LogP contribution is -2.49. The molecule has 138 valence electrons. The summed E-state index contributed by atoms with van der Waals surface area (Å²) >= 11 is 0. The predicted molar refractivity (Wildman–Crippen MR) is 96.8 cm³/mol. The highest BCUT2D eigenvalue weighted by Gasteiger charge is 2.28. The summed E-state index contributed by atoms with van der Waals surface area (Å²) in [6, 6.07) is 4.01. The van der Waals surface area contributed by atoms with Crippen LogP contribution in [0.1, 0.15) is 19.0 Å². The summed E-state index contributed by atoms with van der Waals surface area (Å²) in [5.74, 6) is 0.291. The second-order valence-electron chi connectivity index (χ2n) is 6.97. The fourth-order valence-corrected chi connectivity index (χ4v) is 3.59. The quantitative estimate of drug-likeness (QED) is 0.815. The second kappa shape index (κ2) is 6.65. The molecule has 0 aromatic carbocycles. The van der Waals surface area contributed by atoms with Gasteiger partial charge in [-0.2, -0.15) is 5.10 Å². The van der Waals surface area contributed by atoms with Crippen molar-refractivity contribution in [1.82, 2.24) is 30.3 Å². The normalized spacial score (nSPS) is 22.1. The number of aromatic nitrogens is 3. The van der Waals surface area contributed by atoms with E-state index in [1.807, 2.05) is 19.2 Å². The van der Waals surface area contributed by atoms with E-state index in [0.717, 1.165) is 42.9 Å². The number of nitrogens with zero attached hydrogens (tertiary/aromatic N) is 5. The van der Waals surface area contributed by atoms with E-state index in [9.17, 15) is 9.59 Å². The summed E-state index contributed by atoms with van der Waals surface area (Å²) < 4.78 is 1.69. The van der Waals surface area contributed by atoms with Crippen LogP contribution >= 0.6 is 0 Å². The first-order valence-electron chi connectivity index (χ1n) is 8.91. The van der Waals surface area contributed by atoms with Crippen molar-refractivity contribution in [3.8, 4) is 0 Å². The summed E-state index contributed by atoms with van der Waals surface area (Å²) in [6.45, 7) is 6.30. The minimum Gasteiger partial charge on any atom is -0.312 e. The number of amides is 3. The van der Waals surface area contributed by atoms with Crippen LogP contribution in [0.15, 0.2) is 12.1 Å². The Morgan fingerprint density at radius 1 is 1.27 bits per heavy atom. The minimum atomic E-state index is -0.430. The summed E-state index contributed by atoms with van der Waals surface area (Å²) in [4.78, 5) is 32.2. The van der Waals surface area contributed by atoms with Gasteiger partial charge >= 0.3 is 6.03 Å². The Balaban J connectivity index is 1.60. The third-order valence-corrected chi connectivity index (χ3v) is 4.87. The van der Waals surface area contributed by atoms with Crippen LogP contribution in [0.5, 0.6) is 0 Å². The molecule has 2 aromatic heterocycles. The van der Waals surface area contributed by atoms with Gasteiger partial charge in [0.25, 0.3) is 0 Å². The molecule has 2 fully saturated rings. The van der Waals surface area contributed by atoms with Crippen molar-refractivity contribution in [2.45, 2.75) is 25.9 Å². The monoisotopic (exact) mass is 357 g/mol. The van der Waals surface area contributed by atoms with Crippen LogP contribution in [-0.4, -0.2) is 63.8 Å². The maximum absolute atomic E-state index is 12.1. The van der Waals surface area contributed by atoms with Gasteiger partial charge in [-0.3, -0.25) is 19.9 Å². The molecule has 26 heavy (non-hydrogen) atoms. The van der Waals surface area contributed by atoms with Gasteiger partial charge in [0, 0.05) is 52.2 Å². The van der Waals surface area contributed by atoms with E-state index in [-0.39, 0.29) is 12.3 Å². The number of anilines is 1. The van der Waals surface area contributed by atoms with Gasteiger partial charge in [0.1, 0.15) is 0 Å². The molecule has 0 radical (unpaired) electrons. The molecule has 0 spiro atoms. The lowest BCUT2D eigenvalue weighted by atomic mass is 10.2. The number of carbonyl (C=O) groups is 2. The fourth-order valence-electron chi connectivity index (χ4n) is 3.59. The standard InChI is InChI=1S/C17H23N7O2/c1-11-9-23(8-6-18-11)10-12-3-4-13-15(19-12)22(2)21-16(13)24-7-5-14(25)20-17(24)26/h3-4,11,18H,5-10H2,1-2H3,(H,20,25,26)/t11-/m0/s1. The van der Waals surface area contributed by atoms with Crippen molar-refractivity contribution in [3.05, 3.63) is 17.8 Å². The Morgan fingerprint density at radius 3 is 2.88 bits per heavy atom. The Labute approximate surface area is 151 Å². The molecule has 2 aromatic rings. The number of hydrogen-bond donors (Lipinski definition) is 2. The van der Waals surface area contributed by atoms with Crippen LogP contribution in [-0.2, 0) is 18.4 Å². The molecule has 2 N–H and O–H groups in total. The number of pyridine rings is 1. The van der Waals surface area contributed by atoms with Gasteiger partial charge in [-0.05, 0) is 19.1 Å². The highest BCUT2D eigenvalue weighted by Crippen LogP contribution is 2.26. The van der Waals surface area contributed by atoms with Gasteiger partial charge in [0.05, 0.1) is 11.1 Å². The summed E-state index contributed by atoms with van der Waals surface area (Å²) in [5, 5.41) is 11.1. The molecule has 0 saturated carbocycles. The van der Waals surface area contributed by atoms with Gasteiger partial charge in [-0.25, -0.2) is 14.5 Å². The molecule has 2 aliphatic rings. The molecule has 0 unspecified atom stereocenters. The first kappa shape index (κ1) is 16.9. The average Bonchev–Trinajstić information content (AvgIpc) is 2.91. The van der Waals surface area contributed by atoms with Crippen molar-refractivity contribution in [2.24, 2.45) is 7.05 Å². The molecule has 0 aliphatic carbocycles. The lowest BCUT2D eigenvalue weighted by molar-refractivity contribution is -0.120. The first-order valence-corrected chi connectivity index (χ1v) is 8.91. The first-order chi connectivity index (χ1) is 12.5. The molecule has 1 atom stereocenters. The molecular formula is C17H23N7O2. The number of hydrogen-bond acceptors (Lipinski definition) is 6. The van der Waals surface area contributed by atoms with Crippen LogP contribution < -0.4 is 15.5 Å². The fraction of sp³-hybridized carbons (Fsp3) is 0.529. The van der Waals surface area contributed by atoms with Crippen molar-refractivity contribution >= 4 is 28.8 Å². The predicted octanol–water partition coefficient (Wildman–Crippen LogP) is 0.208. The highest BCUT2D eigenvalue weighted by molar-refractivity contribution is 6.08. The molecule has 0 bridgehead atoms. The van der Waals surface area contributed by atoms with Crippen molar-refractivity contribution < 1.29 is 9.59 Å². The molecule has 2 aliphatic heterocycles. The largest absolute Gasteiger partial charge is 0.329 e. The smallest absolute Gasteiger partial charge is 0.312 e. The van der Waals surface area contributed by atoms with E-state index in [1.165, 1.54) is 4.90 Å². The van der Waals surface area contributed by atoms with E-state index in [0.29, 0.717) is 18.4 Å². The maximum atomic E-state index is 12.1. The molecule has 2 saturated heterocycles. The van der Waals surface area contributed by atoms with E-state index in [1.54, 1.807) is 4.68 Å². The summed E-state index contributed by atoms with van der Waals surface area (Å²) in [5.41, 5.74) is 1.73. The molecule has 9 heteroatoms. The maximum Gasteiger partial charge on any atom is 0.329 e. The SMILES string of the molecule is C[C@H]1CN(Cc2ccc3c(N4CCC(=O)NC4=O)nn(C)c3n2)CCN1. The average molecular weight is 357 g/mol. The topological polar surface area (TPSA) is 95.4 Å². The zero-order chi connectivity index (χ0) is 18.3. The number of fused-ring (bicyclic) bond motifs is 1. The Hall–Kier alpha value is -2.52. The Morgan fingerprint density at radius 2 is 2.12 bits per heavy atom. The summed E-state index contributed by atoms with van der Waals surface area (Å²) in [6.07, 6.45) is 0.274. The second-order valence-corrected chi connectivity index (χ2v) is 6.97. The number of nitrogens with one attached hydrogen (secondary N) is 2. The number of imide groups is 1. The van der Waals surface area contributed by atoms with Gasteiger partial charge in [0.2, 0.25) is 5.91 Å². The minimum absolute atomic E-state index is 0.253. The van der Waals surface area contributed by atoms with Crippen LogP contribution in [0.3, 0.4) is 0 Å². The molecule has 9 nitrogen and oxygen atoms in total. The zero-order valence-electron chi connectivity index (χ0n) is 15.0. The highest BCUT2D eigenvalue weighted by atomic mass is 16.2. The lowest BCUT2D eigenvalue weighted by Gasteiger charge is -2.31. The van der Waals surface area contributed by atoms with Crippen molar-refractivity contribution in [1.29, 1.82) is 0 Å². The number of carbonyl (C=O) groups excluding carboxylic acids is 2. The third kappa shape index (κ3) is 3.15. The molecule has 4 rings (SSSR count). The van der Waals surface area contributed by atoms with Crippen molar-refractivity contribution in [2.75, 3.05) is 31.1 Å². The van der Waals surface area contributed by atoms with Gasteiger partial charge in [-0.1, -0.05) is 0 Å². The number of urea groups is 1. The van der Waals surface area contributed by atoms with Crippen LogP contribution in [0, 0.1) is 0 Å². The zero-order valence-corrected chi connectivity index (χ0v) is 15.0. The van der Waals surface area contributed by atoms with E-state index in [2.05, 4.69) is 27.6 Å². The van der Waals surface area contributed by atoms with E-state index in [4.69, 9.17) is 4.98 Å². The van der Waals surface area contributed by atoms with Crippen LogP contribution in [0.25, 0.3) is 11.0 Å². The van der Waals surface area contributed by atoms with Gasteiger partial charge in [0.15, 0.2) is 11.5 Å². The van der Waals surface area contributed by atoms with Crippen LogP contribution in [0.4, 0.5) is 10.6 Å². The van der Waals surface area contributed by atoms with Crippen LogP contribution in [0.2, 0.25) is 0 Å². The Kier molecular flexibility index (Phi) is 4.33. The number of piperazine rings is 1. The van der Waals surface area contributed by atoms with Gasteiger partial charge < -0.3 is 5.32 Å².